The van der Waals surface area contributed by atoms with E-state index < -0.39 is 0 Å². The van der Waals surface area contributed by atoms with Gasteiger partial charge < -0.3 is 9.47 Å². The molecule has 0 radical (unpaired) electrons. The molecule has 0 heterocycles. The second-order valence-electron chi connectivity index (χ2n) is 3.33. The van der Waals surface area contributed by atoms with Crippen LogP contribution in [0.3, 0.4) is 0 Å². The van der Waals surface area contributed by atoms with E-state index in [0.717, 1.165) is 16.9 Å². The Morgan fingerprint density at radius 1 is 1.44 bits per heavy atom. The Labute approximate surface area is 95.7 Å². The number of aryl methyl sites for hydroxylation is 1. The van der Waals surface area contributed by atoms with Crippen LogP contribution in [0, 0.1) is 6.92 Å². The smallest absolute Gasteiger partial charge is 0.330 e. The van der Waals surface area contributed by atoms with Gasteiger partial charge in [0.05, 0.1) is 13.7 Å². The summed E-state index contributed by atoms with van der Waals surface area (Å²) in [6.45, 7) is 4.15. The second-order valence-corrected chi connectivity index (χ2v) is 3.33. The Hall–Kier alpha value is -1.77. The molecular formula is C13H16O3. The lowest BCUT2D eigenvalue weighted by Crippen LogP contribution is -1.98. The van der Waals surface area contributed by atoms with Gasteiger partial charge in [-0.1, -0.05) is 12.1 Å². The van der Waals surface area contributed by atoms with E-state index in [1.54, 1.807) is 20.1 Å². The minimum Gasteiger partial charge on any atom is -0.496 e. The maximum absolute atomic E-state index is 11.1. The first-order valence-electron chi connectivity index (χ1n) is 5.17. The summed E-state index contributed by atoms with van der Waals surface area (Å²) in [5.41, 5.74) is 1.98. The maximum atomic E-state index is 11.1. The molecule has 0 fully saturated rings. The predicted octanol–water partition coefficient (Wildman–Crippen LogP) is 2.58. The van der Waals surface area contributed by atoms with Crippen LogP contribution < -0.4 is 4.74 Å². The van der Waals surface area contributed by atoms with Crippen molar-refractivity contribution in [3.63, 3.8) is 0 Å². The molecule has 0 bridgehead atoms. The predicted molar refractivity (Wildman–Crippen MR) is 63.4 cm³/mol. The van der Waals surface area contributed by atoms with Crippen LogP contribution >= 0.6 is 0 Å². The molecule has 0 aliphatic rings. The number of esters is 1. The molecule has 0 aliphatic heterocycles. The molecule has 86 valence electrons. The van der Waals surface area contributed by atoms with E-state index in [2.05, 4.69) is 0 Å². The Kier molecular flexibility index (Phi) is 4.58. The molecule has 0 saturated carbocycles. The molecule has 0 amide bonds. The highest BCUT2D eigenvalue weighted by atomic mass is 16.5. The van der Waals surface area contributed by atoms with Crippen molar-refractivity contribution in [2.75, 3.05) is 13.7 Å². The Balaban J connectivity index is 2.84. The third kappa shape index (κ3) is 3.42. The van der Waals surface area contributed by atoms with E-state index in [0.29, 0.717) is 6.61 Å². The van der Waals surface area contributed by atoms with E-state index >= 15 is 0 Å². The number of carbonyl (C=O) groups is 1. The SMILES string of the molecule is CCOC(=O)/C=C/c1ccc(C)cc1OC. The van der Waals surface area contributed by atoms with Gasteiger partial charge in [0.25, 0.3) is 0 Å². The molecule has 0 aromatic heterocycles. The molecule has 0 saturated heterocycles. The summed E-state index contributed by atoms with van der Waals surface area (Å²) in [7, 11) is 1.61. The largest absolute Gasteiger partial charge is 0.496 e. The van der Waals surface area contributed by atoms with Crippen LogP contribution in [0.25, 0.3) is 6.08 Å². The summed E-state index contributed by atoms with van der Waals surface area (Å²) in [5, 5.41) is 0. The van der Waals surface area contributed by atoms with Crippen LogP contribution in [0.15, 0.2) is 24.3 Å². The zero-order valence-electron chi connectivity index (χ0n) is 9.82. The maximum Gasteiger partial charge on any atom is 0.330 e. The molecule has 0 spiro atoms. The Morgan fingerprint density at radius 2 is 2.19 bits per heavy atom. The molecule has 3 nitrogen and oxygen atoms in total. The lowest BCUT2D eigenvalue weighted by atomic mass is 10.1. The Bertz CT molecular complexity index is 394. The van der Waals surface area contributed by atoms with Crippen LogP contribution in [-0.4, -0.2) is 19.7 Å². The fourth-order valence-electron chi connectivity index (χ4n) is 1.30. The lowest BCUT2D eigenvalue weighted by molar-refractivity contribution is -0.137. The first-order chi connectivity index (χ1) is 7.67. The van der Waals surface area contributed by atoms with Crippen molar-refractivity contribution in [2.24, 2.45) is 0 Å². The summed E-state index contributed by atoms with van der Waals surface area (Å²) in [5.74, 6) is 0.408. The van der Waals surface area contributed by atoms with Gasteiger partial charge in [0.15, 0.2) is 0 Å². The van der Waals surface area contributed by atoms with Gasteiger partial charge in [0.2, 0.25) is 0 Å². The number of benzene rings is 1. The van der Waals surface area contributed by atoms with Gasteiger partial charge in [0, 0.05) is 11.6 Å². The fourth-order valence-corrected chi connectivity index (χ4v) is 1.30. The molecule has 1 aromatic rings. The zero-order valence-corrected chi connectivity index (χ0v) is 9.82. The summed E-state index contributed by atoms with van der Waals surface area (Å²) in [6.07, 6.45) is 3.09. The molecule has 0 aliphatic carbocycles. The molecule has 1 aromatic carbocycles. The van der Waals surface area contributed by atoms with Crippen LogP contribution in [0.1, 0.15) is 18.1 Å². The van der Waals surface area contributed by atoms with Crippen LogP contribution in [0.2, 0.25) is 0 Å². The Morgan fingerprint density at radius 3 is 2.81 bits per heavy atom. The zero-order chi connectivity index (χ0) is 12.0. The normalized spacial score (nSPS) is 10.4. The number of hydrogen-bond acceptors (Lipinski definition) is 3. The van der Waals surface area contributed by atoms with Crippen molar-refractivity contribution in [1.82, 2.24) is 0 Å². The van der Waals surface area contributed by atoms with Crippen molar-refractivity contribution in [2.45, 2.75) is 13.8 Å². The quantitative estimate of drug-likeness (QED) is 0.578. The first-order valence-corrected chi connectivity index (χ1v) is 5.17. The van der Waals surface area contributed by atoms with Crippen molar-refractivity contribution in [3.05, 3.63) is 35.4 Å². The number of hydrogen-bond donors (Lipinski definition) is 0. The van der Waals surface area contributed by atoms with Gasteiger partial charge in [-0.05, 0) is 31.6 Å². The highest BCUT2D eigenvalue weighted by Crippen LogP contribution is 2.21. The van der Waals surface area contributed by atoms with Gasteiger partial charge in [0.1, 0.15) is 5.75 Å². The van der Waals surface area contributed by atoms with Crippen LogP contribution in [0.5, 0.6) is 5.75 Å². The third-order valence-electron chi connectivity index (χ3n) is 2.07. The topological polar surface area (TPSA) is 35.5 Å². The van der Waals surface area contributed by atoms with E-state index in [1.807, 2.05) is 25.1 Å². The monoisotopic (exact) mass is 220 g/mol. The van der Waals surface area contributed by atoms with E-state index in [1.165, 1.54) is 6.08 Å². The summed E-state index contributed by atoms with van der Waals surface area (Å²) >= 11 is 0. The third-order valence-corrected chi connectivity index (χ3v) is 2.07. The fraction of sp³-hybridized carbons (Fsp3) is 0.308. The van der Waals surface area contributed by atoms with Gasteiger partial charge >= 0.3 is 5.97 Å². The molecule has 0 atom stereocenters. The summed E-state index contributed by atoms with van der Waals surface area (Å²) in [6, 6.07) is 5.79. The molecule has 0 unspecified atom stereocenters. The minimum absolute atomic E-state index is 0.342. The van der Waals surface area contributed by atoms with Crippen molar-refractivity contribution in [3.8, 4) is 5.75 Å². The first kappa shape index (κ1) is 12.3. The average molecular weight is 220 g/mol. The molecule has 3 heteroatoms. The minimum atomic E-state index is -0.342. The van der Waals surface area contributed by atoms with E-state index in [9.17, 15) is 4.79 Å². The molecule has 1 rings (SSSR count). The van der Waals surface area contributed by atoms with E-state index in [4.69, 9.17) is 9.47 Å². The standard InChI is InChI=1S/C13H16O3/c1-4-16-13(14)8-7-11-6-5-10(2)9-12(11)15-3/h5-9H,4H2,1-3H3/b8-7+. The summed E-state index contributed by atoms with van der Waals surface area (Å²) < 4.78 is 10.0. The number of rotatable bonds is 4. The van der Waals surface area contributed by atoms with Crippen molar-refractivity contribution in [1.29, 1.82) is 0 Å². The molecule has 0 N–H and O–H groups in total. The number of carbonyl (C=O) groups excluding carboxylic acids is 1. The molecule has 16 heavy (non-hydrogen) atoms. The van der Waals surface area contributed by atoms with Gasteiger partial charge in [-0.15, -0.1) is 0 Å². The molecular weight excluding hydrogens is 204 g/mol. The highest BCUT2D eigenvalue weighted by molar-refractivity contribution is 5.87. The average Bonchev–Trinajstić information content (AvgIpc) is 2.27. The highest BCUT2D eigenvalue weighted by Gasteiger charge is 2.00. The van der Waals surface area contributed by atoms with Gasteiger partial charge in [-0.2, -0.15) is 0 Å². The van der Waals surface area contributed by atoms with Crippen molar-refractivity contribution >= 4 is 12.0 Å². The van der Waals surface area contributed by atoms with Crippen LogP contribution in [-0.2, 0) is 9.53 Å². The summed E-state index contributed by atoms with van der Waals surface area (Å²) in [4.78, 5) is 11.1. The van der Waals surface area contributed by atoms with Gasteiger partial charge in [-0.3, -0.25) is 0 Å². The van der Waals surface area contributed by atoms with Crippen LogP contribution in [0.4, 0.5) is 0 Å². The number of methoxy groups -OCH3 is 1. The second kappa shape index (κ2) is 5.95. The van der Waals surface area contributed by atoms with E-state index in [-0.39, 0.29) is 5.97 Å². The number of ether oxygens (including phenoxy) is 2. The van der Waals surface area contributed by atoms with Gasteiger partial charge in [-0.25, -0.2) is 4.79 Å². The lowest BCUT2D eigenvalue weighted by Gasteiger charge is -2.05. The van der Waals surface area contributed by atoms with Crippen molar-refractivity contribution < 1.29 is 14.3 Å².